The van der Waals surface area contributed by atoms with Gasteiger partial charge >= 0.3 is 5.97 Å². The van der Waals surface area contributed by atoms with Crippen LogP contribution in [0.5, 0.6) is 5.75 Å². The number of ether oxygens (including phenoxy) is 1. The number of carbonyl (C=O) groups excluding carboxylic acids is 2. The Balaban J connectivity index is 1.66. The molecule has 0 aliphatic heterocycles. The zero-order valence-corrected chi connectivity index (χ0v) is 19.7. The minimum atomic E-state index is -0.496. The Labute approximate surface area is 197 Å². The fraction of sp³-hybridized carbons (Fsp3) is 0.0870. The Hall–Kier alpha value is -2.97. The van der Waals surface area contributed by atoms with Gasteiger partial charge in [-0.1, -0.05) is 46.3 Å². The summed E-state index contributed by atoms with van der Waals surface area (Å²) in [4.78, 5) is 24.5. The lowest BCUT2D eigenvalue weighted by Gasteiger charge is -2.10. The maximum Gasteiger partial charge on any atom is 0.343 e. The molecule has 158 valence electrons. The van der Waals surface area contributed by atoms with Gasteiger partial charge in [0.05, 0.1) is 22.8 Å². The number of anilines is 1. The van der Waals surface area contributed by atoms with Crippen LogP contribution in [0.2, 0.25) is 0 Å². The summed E-state index contributed by atoms with van der Waals surface area (Å²) in [7, 11) is 0. The highest BCUT2D eigenvalue weighted by molar-refractivity contribution is 9.11. The number of amides is 1. The first-order chi connectivity index (χ1) is 14.9. The number of carbonyl (C=O) groups is 2. The van der Waals surface area contributed by atoms with E-state index in [2.05, 4.69) is 47.7 Å². The van der Waals surface area contributed by atoms with Gasteiger partial charge in [0.25, 0.3) is 5.91 Å². The SMILES string of the molecule is Cc1cccc(NCC(=O)N/N=C/c2cc(Br)cc(Br)c2OC(=O)c2ccccc2)c1. The van der Waals surface area contributed by atoms with Crippen LogP contribution in [-0.4, -0.2) is 24.6 Å². The van der Waals surface area contributed by atoms with E-state index in [0.29, 0.717) is 21.3 Å². The van der Waals surface area contributed by atoms with E-state index in [0.717, 1.165) is 15.7 Å². The van der Waals surface area contributed by atoms with E-state index >= 15 is 0 Å². The molecule has 0 fully saturated rings. The van der Waals surface area contributed by atoms with Gasteiger partial charge in [0.1, 0.15) is 0 Å². The van der Waals surface area contributed by atoms with Crippen molar-refractivity contribution in [2.75, 3.05) is 11.9 Å². The Morgan fingerprint density at radius 3 is 2.55 bits per heavy atom. The maximum atomic E-state index is 12.5. The number of hydrogen-bond donors (Lipinski definition) is 2. The van der Waals surface area contributed by atoms with Crippen molar-refractivity contribution in [2.24, 2.45) is 5.10 Å². The summed E-state index contributed by atoms with van der Waals surface area (Å²) in [6.45, 7) is 2.05. The average molecular weight is 545 g/mol. The fourth-order valence-corrected chi connectivity index (χ4v) is 4.00. The molecule has 0 atom stereocenters. The highest BCUT2D eigenvalue weighted by atomic mass is 79.9. The molecule has 0 aliphatic carbocycles. The van der Waals surface area contributed by atoms with Crippen LogP contribution in [0.3, 0.4) is 0 Å². The van der Waals surface area contributed by atoms with Crippen LogP contribution in [-0.2, 0) is 4.79 Å². The van der Waals surface area contributed by atoms with Gasteiger partial charge in [0.15, 0.2) is 5.75 Å². The molecule has 0 aliphatic rings. The van der Waals surface area contributed by atoms with Gasteiger partial charge in [-0.05, 0) is 64.8 Å². The van der Waals surface area contributed by atoms with Crippen LogP contribution < -0.4 is 15.5 Å². The molecule has 0 radical (unpaired) electrons. The van der Waals surface area contributed by atoms with E-state index in [1.54, 1.807) is 36.4 Å². The molecule has 0 spiro atoms. The number of nitrogens with zero attached hydrogens (tertiary/aromatic N) is 1. The fourth-order valence-electron chi connectivity index (χ4n) is 2.66. The van der Waals surface area contributed by atoms with E-state index in [9.17, 15) is 9.59 Å². The monoisotopic (exact) mass is 543 g/mol. The molecule has 3 rings (SSSR count). The van der Waals surface area contributed by atoms with Crippen molar-refractivity contribution < 1.29 is 14.3 Å². The number of aryl methyl sites for hydroxylation is 1. The second-order valence-corrected chi connectivity index (χ2v) is 8.35. The summed E-state index contributed by atoms with van der Waals surface area (Å²) in [6.07, 6.45) is 1.42. The maximum absolute atomic E-state index is 12.5. The first-order valence-electron chi connectivity index (χ1n) is 9.31. The summed E-state index contributed by atoms with van der Waals surface area (Å²) >= 11 is 6.82. The minimum absolute atomic E-state index is 0.0683. The van der Waals surface area contributed by atoms with E-state index in [4.69, 9.17) is 4.74 Å². The Bertz CT molecular complexity index is 1120. The van der Waals surface area contributed by atoms with Crippen molar-refractivity contribution in [2.45, 2.75) is 6.92 Å². The molecule has 3 aromatic carbocycles. The number of hydrazone groups is 1. The third-order valence-corrected chi connectivity index (χ3v) is 5.15. The second kappa shape index (κ2) is 10.9. The summed E-state index contributed by atoms with van der Waals surface area (Å²) in [5.41, 5.74) is 5.35. The van der Waals surface area contributed by atoms with Crippen molar-refractivity contribution in [1.29, 1.82) is 0 Å². The van der Waals surface area contributed by atoms with Crippen molar-refractivity contribution in [3.63, 3.8) is 0 Å². The minimum Gasteiger partial charge on any atom is -0.421 e. The Morgan fingerprint density at radius 2 is 1.81 bits per heavy atom. The molecule has 6 nitrogen and oxygen atoms in total. The van der Waals surface area contributed by atoms with Gasteiger partial charge in [-0.2, -0.15) is 5.10 Å². The van der Waals surface area contributed by atoms with Crippen LogP contribution >= 0.6 is 31.9 Å². The number of nitrogens with one attached hydrogen (secondary N) is 2. The topological polar surface area (TPSA) is 79.8 Å². The molecule has 0 bridgehead atoms. The van der Waals surface area contributed by atoms with Gasteiger partial charge in [-0.3, -0.25) is 4.79 Å². The highest BCUT2D eigenvalue weighted by Gasteiger charge is 2.15. The van der Waals surface area contributed by atoms with Crippen molar-refractivity contribution in [3.05, 3.63) is 92.4 Å². The quantitative estimate of drug-likeness (QED) is 0.183. The molecule has 0 unspecified atom stereocenters. The van der Waals surface area contributed by atoms with Gasteiger partial charge in [-0.15, -0.1) is 0 Å². The largest absolute Gasteiger partial charge is 0.421 e. The van der Waals surface area contributed by atoms with Gasteiger partial charge in [-0.25, -0.2) is 10.2 Å². The van der Waals surface area contributed by atoms with E-state index in [1.807, 2.05) is 37.3 Å². The zero-order chi connectivity index (χ0) is 22.2. The number of benzene rings is 3. The number of rotatable bonds is 7. The van der Waals surface area contributed by atoms with Crippen LogP contribution in [0.4, 0.5) is 5.69 Å². The van der Waals surface area contributed by atoms with Crippen LogP contribution in [0.1, 0.15) is 21.5 Å². The van der Waals surface area contributed by atoms with Crippen LogP contribution in [0.25, 0.3) is 0 Å². The van der Waals surface area contributed by atoms with Gasteiger partial charge < -0.3 is 10.1 Å². The van der Waals surface area contributed by atoms with Crippen LogP contribution in [0.15, 0.2) is 80.8 Å². The molecular weight excluding hydrogens is 526 g/mol. The predicted molar refractivity (Wildman–Crippen MR) is 129 cm³/mol. The Kier molecular flexibility index (Phi) is 7.97. The van der Waals surface area contributed by atoms with Crippen LogP contribution in [0, 0.1) is 6.92 Å². The number of halogens is 2. The first-order valence-corrected chi connectivity index (χ1v) is 10.9. The lowest BCUT2D eigenvalue weighted by Crippen LogP contribution is -2.25. The van der Waals surface area contributed by atoms with E-state index < -0.39 is 5.97 Å². The summed E-state index contributed by atoms with van der Waals surface area (Å²) in [5.74, 6) is -0.507. The molecule has 3 aromatic rings. The number of esters is 1. The standard InChI is InChI=1S/C23H19Br2N3O3/c1-15-6-5-9-19(10-15)26-14-21(29)28-27-13-17-11-18(24)12-20(25)22(17)31-23(30)16-7-3-2-4-8-16/h2-13,26H,14H2,1H3,(H,28,29)/b27-13+. The summed E-state index contributed by atoms with van der Waals surface area (Å²) in [6, 6.07) is 19.9. The molecule has 0 heterocycles. The third-order valence-electron chi connectivity index (χ3n) is 4.11. The molecule has 8 heteroatoms. The highest BCUT2D eigenvalue weighted by Crippen LogP contribution is 2.32. The average Bonchev–Trinajstić information content (AvgIpc) is 2.75. The van der Waals surface area contributed by atoms with Gasteiger partial charge in [0, 0.05) is 15.7 Å². The normalized spacial score (nSPS) is 10.7. The van der Waals surface area contributed by atoms with E-state index in [1.165, 1.54) is 6.21 Å². The molecule has 1 amide bonds. The molecular formula is C23H19Br2N3O3. The smallest absolute Gasteiger partial charge is 0.343 e. The predicted octanol–water partition coefficient (Wildman–Crippen LogP) is 5.30. The molecule has 31 heavy (non-hydrogen) atoms. The van der Waals surface area contributed by atoms with E-state index in [-0.39, 0.29) is 12.5 Å². The van der Waals surface area contributed by atoms with Crippen molar-refractivity contribution in [1.82, 2.24) is 5.43 Å². The molecule has 2 N–H and O–H groups in total. The van der Waals surface area contributed by atoms with Crippen molar-refractivity contribution >= 4 is 55.6 Å². The third kappa shape index (κ3) is 6.77. The molecule has 0 saturated carbocycles. The second-order valence-electron chi connectivity index (χ2n) is 6.58. The summed E-state index contributed by atoms with van der Waals surface area (Å²) in [5, 5.41) is 7.03. The first kappa shape index (κ1) is 22.7. The molecule has 0 aromatic heterocycles. The lowest BCUT2D eigenvalue weighted by atomic mass is 10.2. The van der Waals surface area contributed by atoms with Crippen molar-refractivity contribution in [3.8, 4) is 5.75 Å². The lowest BCUT2D eigenvalue weighted by molar-refractivity contribution is -0.119. The van der Waals surface area contributed by atoms with Gasteiger partial charge in [0.2, 0.25) is 0 Å². The number of hydrogen-bond acceptors (Lipinski definition) is 5. The zero-order valence-electron chi connectivity index (χ0n) is 16.6. The molecule has 0 saturated heterocycles. The summed E-state index contributed by atoms with van der Waals surface area (Å²) < 4.78 is 6.90. The Morgan fingerprint density at radius 1 is 1.03 bits per heavy atom.